The van der Waals surface area contributed by atoms with Crippen molar-refractivity contribution in [3.63, 3.8) is 0 Å². The lowest BCUT2D eigenvalue weighted by molar-refractivity contribution is 0.264. The molecule has 0 bridgehead atoms. The zero-order chi connectivity index (χ0) is 13.8. The normalized spacial score (nSPS) is 20.2. The van der Waals surface area contributed by atoms with Crippen molar-refractivity contribution in [2.24, 2.45) is 5.41 Å². The third-order valence-electron chi connectivity index (χ3n) is 3.23. The van der Waals surface area contributed by atoms with Crippen LogP contribution in [0.4, 0.5) is 0 Å². The topological polar surface area (TPSA) is 49.4 Å². The standard InChI is InChI=1S/C13H28N2O2S/c1-5-10-18(16,17)15-8-6-12(7-9-15)14-11-13(2,3)4/h12,14H,5-11H2,1-4H3. The molecule has 0 aromatic rings. The van der Waals surface area contributed by atoms with Gasteiger partial charge in [-0.25, -0.2) is 12.7 Å². The zero-order valence-electron chi connectivity index (χ0n) is 12.2. The van der Waals surface area contributed by atoms with Crippen molar-refractivity contribution in [1.82, 2.24) is 9.62 Å². The van der Waals surface area contributed by atoms with Gasteiger partial charge in [-0.05, 0) is 24.7 Å². The number of hydrogen-bond acceptors (Lipinski definition) is 3. The van der Waals surface area contributed by atoms with E-state index >= 15 is 0 Å². The Morgan fingerprint density at radius 1 is 1.22 bits per heavy atom. The summed E-state index contributed by atoms with van der Waals surface area (Å²) in [5.74, 6) is 0.285. The second-order valence-electron chi connectivity index (χ2n) is 6.43. The Hall–Kier alpha value is -0.130. The second kappa shape index (κ2) is 6.35. The molecule has 1 fully saturated rings. The van der Waals surface area contributed by atoms with E-state index in [0.717, 1.165) is 19.4 Å². The lowest BCUT2D eigenvalue weighted by Crippen LogP contribution is -2.47. The Kier molecular flexibility index (Phi) is 5.62. The SMILES string of the molecule is CCCS(=O)(=O)N1CCC(NCC(C)(C)C)CC1. The van der Waals surface area contributed by atoms with Crippen molar-refractivity contribution in [2.45, 2.75) is 53.0 Å². The van der Waals surface area contributed by atoms with Crippen molar-refractivity contribution < 1.29 is 8.42 Å². The first kappa shape index (κ1) is 15.9. The van der Waals surface area contributed by atoms with E-state index in [2.05, 4.69) is 26.1 Å². The predicted octanol–water partition coefficient (Wildman–Crippen LogP) is 1.83. The first-order valence-electron chi connectivity index (χ1n) is 6.96. The van der Waals surface area contributed by atoms with Crippen molar-refractivity contribution in [2.75, 3.05) is 25.4 Å². The average molecular weight is 276 g/mol. The summed E-state index contributed by atoms with van der Waals surface area (Å²) < 4.78 is 25.5. The Labute approximate surface area is 112 Å². The van der Waals surface area contributed by atoms with E-state index in [0.29, 0.717) is 25.6 Å². The summed E-state index contributed by atoms with van der Waals surface area (Å²) in [5, 5.41) is 3.54. The van der Waals surface area contributed by atoms with E-state index in [1.165, 1.54) is 0 Å². The van der Waals surface area contributed by atoms with Crippen LogP contribution in [-0.4, -0.2) is 44.2 Å². The maximum absolute atomic E-state index is 11.9. The molecule has 0 saturated carbocycles. The monoisotopic (exact) mass is 276 g/mol. The summed E-state index contributed by atoms with van der Waals surface area (Å²) in [5.41, 5.74) is 0.283. The van der Waals surface area contributed by atoms with E-state index in [-0.39, 0.29) is 11.2 Å². The minimum atomic E-state index is -2.99. The molecule has 0 aliphatic carbocycles. The minimum absolute atomic E-state index is 0.283. The van der Waals surface area contributed by atoms with E-state index in [4.69, 9.17) is 0 Å². The lowest BCUT2D eigenvalue weighted by Gasteiger charge is -2.33. The van der Waals surface area contributed by atoms with Crippen molar-refractivity contribution in [3.8, 4) is 0 Å². The number of rotatable bonds is 5. The first-order chi connectivity index (χ1) is 8.24. The maximum atomic E-state index is 11.9. The molecule has 0 radical (unpaired) electrons. The fourth-order valence-electron chi connectivity index (χ4n) is 2.18. The van der Waals surface area contributed by atoms with Crippen LogP contribution in [-0.2, 0) is 10.0 Å². The van der Waals surface area contributed by atoms with Gasteiger partial charge in [0.15, 0.2) is 0 Å². The van der Waals surface area contributed by atoms with E-state index in [1.807, 2.05) is 6.92 Å². The van der Waals surface area contributed by atoms with Gasteiger partial charge in [-0.3, -0.25) is 0 Å². The number of piperidine rings is 1. The molecular weight excluding hydrogens is 248 g/mol. The van der Waals surface area contributed by atoms with Crippen LogP contribution in [0.2, 0.25) is 0 Å². The van der Waals surface area contributed by atoms with Crippen molar-refractivity contribution in [3.05, 3.63) is 0 Å². The molecule has 0 amide bonds. The number of sulfonamides is 1. The third kappa shape index (κ3) is 5.24. The third-order valence-corrected chi connectivity index (χ3v) is 5.31. The Morgan fingerprint density at radius 3 is 2.22 bits per heavy atom. The molecule has 1 N–H and O–H groups in total. The highest BCUT2D eigenvalue weighted by Crippen LogP contribution is 2.17. The van der Waals surface area contributed by atoms with Crippen LogP contribution in [0.5, 0.6) is 0 Å². The molecule has 1 heterocycles. The van der Waals surface area contributed by atoms with Gasteiger partial charge in [0.05, 0.1) is 5.75 Å². The molecular formula is C13H28N2O2S. The molecule has 1 saturated heterocycles. The van der Waals surface area contributed by atoms with Gasteiger partial charge in [-0.2, -0.15) is 0 Å². The Balaban J connectivity index is 2.37. The Bertz CT molecular complexity index is 338. The van der Waals surface area contributed by atoms with Gasteiger partial charge in [0, 0.05) is 25.7 Å². The molecule has 0 spiro atoms. The summed E-state index contributed by atoms with van der Waals surface area (Å²) in [4.78, 5) is 0. The predicted molar refractivity (Wildman–Crippen MR) is 76.1 cm³/mol. The molecule has 108 valence electrons. The molecule has 0 aromatic heterocycles. The quantitative estimate of drug-likeness (QED) is 0.833. The van der Waals surface area contributed by atoms with Gasteiger partial charge in [0.25, 0.3) is 0 Å². The molecule has 0 unspecified atom stereocenters. The van der Waals surface area contributed by atoms with E-state index in [9.17, 15) is 8.42 Å². The molecule has 5 heteroatoms. The van der Waals surface area contributed by atoms with Crippen LogP contribution in [0.25, 0.3) is 0 Å². The molecule has 1 aliphatic rings. The highest BCUT2D eigenvalue weighted by Gasteiger charge is 2.27. The van der Waals surface area contributed by atoms with Crippen LogP contribution in [0.15, 0.2) is 0 Å². The highest BCUT2D eigenvalue weighted by atomic mass is 32.2. The molecule has 1 rings (SSSR count). The number of hydrogen-bond donors (Lipinski definition) is 1. The lowest BCUT2D eigenvalue weighted by atomic mass is 9.95. The highest BCUT2D eigenvalue weighted by molar-refractivity contribution is 7.89. The fourth-order valence-corrected chi connectivity index (χ4v) is 3.72. The maximum Gasteiger partial charge on any atom is 0.214 e. The second-order valence-corrected chi connectivity index (χ2v) is 8.52. The van der Waals surface area contributed by atoms with Crippen molar-refractivity contribution >= 4 is 10.0 Å². The van der Waals surface area contributed by atoms with Crippen LogP contribution in [0, 0.1) is 5.41 Å². The van der Waals surface area contributed by atoms with E-state index < -0.39 is 10.0 Å². The van der Waals surface area contributed by atoms with Gasteiger partial charge in [0.2, 0.25) is 10.0 Å². The molecule has 18 heavy (non-hydrogen) atoms. The molecule has 1 aliphatic heterocycles. The van der Waals surface area contributed by atoms with Crippen molar-refractivity contribution in [1.29, 1.82) is 0 Å². The van der Waals surface area contributed by atoms with Crippen LogP contribution < -0.4 is 5.32 Å². The van der Waals surface area contributed by atoms with Gasteiger partial charge in [-0.15, -0.1) is 0 Å². The van der Waals surface area contributed by atoms with Gasteiger partial charge < -0.3 is 5.32 Å². The van der Waals surface area contributed by atoms with Crippen LogP contribution >= 0.6 is 0 Å². The van der Waals surface area contributed by atoms with Gasteiger partial charge in [-0.1, -0.05) is 27.7 Å². The summed E-state index contributed by atoms with van der Waals surface area (Å²) >= 11 is 0. The largest absolute Gasteiger partial charge is 0.313 e. The molecule has 0 aromatic carbocycles. The van der Waals surface area contributed by atoms with Gasteiger partial charge >= 0.3 is 0 Å². The van der Waals surface area contributed by atoms with Crippen LogP contribution in [0.1, 0.15) is 47.0 Å². The number of nitrogens with one attached hydrogen (secondary N) is 1. The fraction of sp³-hybridized carbons (Fsp3) is 1.00. The molecule has 4 nitrogen and oxygen atoms in total. The summed E-state index contributed by atoms with van der Waals surface area (Å²) in [6.45, 7) is 10.9. The smallest absolute Gasteiger partial charge is 0.214 e. The molecule has 0 atom stereocenters. The van der Waals surface area contributed by atoms with Crippen LogP contribution in [0.3, 0.4) is 0 Å². The summed E-state index contributed by atoms with van der Waals surface area (Å²) in [6, 6.07) is 0.470. The zero-order valence-corrected chi connectivity index (χ0v) is 13.0. The first-order valence-corrected chi connectivity index (χ1v) is 8.57. The van der Waals surface area contributed by atoms with Gasteiger partial charge in [0.1, 0.15) is 0 Å². The average Bonchev–Trinajstić information content (AvgIpc) is 2.26. The minimum Gasteiger partial charge on any atom is -0.313 e. The summed E-state index contributed by atoms with van der Waals surface area (Å²) in [6.07, 6.45) is 2.56. The summed E-state index contributed by atoms with van der Waals surface area (Å²) in [7, 11) is -2.99. The Morgan fingerprint density at radius 2 is 1.78 bits per heavy atom. The van der Waals surface area contributed by atoms with E-state index in [1.54, 1.807) is 4.31 Å². The number of nitrogens with zero attached hydrogens (tertiary/aromatic N) is 1.